The van der Waals surface area contributed by atoms with Crippen LogP contribution in [0.5, 0.6) is 0 Å². The standard InChI is InChI=1S/C24H26N3O/c1-16-14-22(17(2)26-16)24(28)27-21-12-13-23(25-15-21)20-10-8-19(9-11-20)18-6-4-3-5-7-18/h3,8-15,18,26H,4-7H2,1-2H3,(H,27,28). The highest BCUT2D eigenvalue weighted by Gasteiger charge is 2.16. The number of aromatic nitrogens is 2. The number of aryl methyl sites for hydroxylation is 2. The predicted octanol–water partition coefficient (Wildman–Crippen LogP) is 5.81. The lowest BCUT2D eigenvalue weighted by atomic mass is 9.84. The van der Waals surface area contributed by atoms with Gasteiger partial charge >= 0.3 is 0 Å². The number of rotatable bonds is 4. The molecule has 1 saturated carbocycles. The molecule has 1 aliphatic carbocycles. The fraction of sp³-hybridized carbons (Fsp3) is 0.292. The first-order valence-electron chi connectivity index (χ1n) is 9.96. The van der Waals surface area contributed by atoms with Gasteiger partial charge in [0.05, 0.1) is 23.1 Å². The van der Waals surface area contributed by atoms with Crippen LogP contribution in [0.4, 0.5) is 5.69 Å². The van der Waals surface area contributed by atoms with Crippen molar-refractivity contribution < 1.29 is 4.79 Å². The first-order valence-corrected chi connectivity index (χ1v) is 9.96. The third-order valence-electron chi connectivity index (χ3n) is 5.53. The van der Waals surface area contributed by atoms with Crippen LogP contribution in [0.15, 0.2) is 48.7 Å². The zero-order valence-corrected chi connectivity index (χ0v) is 16.5. The molecule has 1 amide bonds. The van der Waals surface area contributed by atoms with Crippen molar-refractivity contribution >= 4 is 11.6 Å². The Morgan fingerprint density at radius 1 is 1.07 bits per heavy atom. The van der Waals surface area contributed by atoms with E-state index in [9.17, 15) is 4.79 Å². The summed E-state index contributed by atoms with van der Waals surface area (Å²) in [6.07, 6.45) is 9.07. The van der Waals surface area contributed by atoms with Crippen molar-refractivity contribution in [3.8, 4) is 11.3 Å². The first kappa shape index (κ1) is 18.5. The third-order valence-corrected chi connectivity index (χ3v) is 5.53. The molecule has 2 aromatic heterocycles. The lowest BCUT2D eigenvalue weighted by molar-refractivity contribution is 0.102. The Labute approximate surface area is 166 Å². The summed E-state index contributed by atoms with van der Waals surface area (Å²) in [4.78, 5) is 20.1. The second-order valence-corrected chi connectivity index (χ2v) is 7.64. The van der Waals surface area contributed by atoms with Gasteiger partial charge in [0.2, 0.25) is 0 Å². The first-order chi connectivity index (χ1) is 13.6. The highest BCUT2D eigenvalue weighted by atomic mass is 16.1. The number of H-pyrrole nitrogens is 1. The molecule has 0 aliphatic heterocycles. The SMILES string of the molecule is Cc1cc(C(=O)Nc2ccc(-c3ccc(C4CC[CH]CC4)cc3)nc2)c(C)[nH]1. The molecule has 1 fully saturated rings. The molecule has 0 spiro atoms. The molecule has 2 N–H and O–H groups in total. The van der Waals surface area contributed by atoms with Crippen molar-refractivity contribution in [1.29, 1.82) is 0 Å². The quantitative estimate of drug-likeness (QED) is 0.607. The van der Waals surface area contributed by atoms with E-state index in [-0.39, 0.29) is 5.91 Å². The molecule has 1 aliphatic rings. The number of nitrogens with zero attached hydrogens (tertiary/aromatic N) is 1. The Kier molecular flexibility index (Phi) is 5.29. The normalized spacial score (nSPS) is 14.8. The summed E-state index contributed by atoms with van der Waals surface area (Å²) >= 11 is 0. The van der Waals surface area contributed by atoms with Gasteiger partial charge in [-0.3, -0.25) is 9.78 Å². The molecule has 2 heterocycles. The van der Waals surface area contributed by atoms with E-state index in [4.69, 9.17) is 0 Å². The summed E-state index contributed by atoms with van der Waals surface area (Å²) in [6, 6.07) is 14.5. The van der Waals surface area contributed by atoms with Crippen LogP contribution >= 0.6 is 0 Å². The number of aromatic amines is 1. The van der Waals surface area contributed by atoms with Gasteiger partial charge in [-0.05, 0) is 75.6 Å². The van der Waals surface area contributed by atoms with Crippen molar-refractivity contribution in [3.05, 3.63) is 77.6 Å². The van der Waals surface area contributed by atoms with Crippen LogP contribution in [0.25, 0.3) is 11.3 Å². The van der Waals surface area contributed by atoms with Gasteiger partial charge in [0.1, 0.15) is 0 Å². The van der Waals surface area contributed by atoms with Crippen LogP contribution in [0, 0.1) is 20.3 Å². The summed E-state index contributed by atoms with van der Waals surface area (Å²) in [6.45, 7) is 3.84. The number of hydrogen-bond acceptors (Lipinski definition) is 2. The van der Waals surface area contributed by atoms with E-state index >= 15 is 0 Å². The summed E-state index contributed by atoms with van der Waals surface area (Å²) in [7, 11) is 0. The van der Waals surface area contributed by atoms with Crippen molar-refractivity contribution in [2.45, 2.75) is 45.4 Å². The number of hydrogen-bond donors (Lipinski definition) is 2. The Hall–Kier alpha value is -2.88. The van der Waals surface area contributed by atoms with Gasteiger partial charge in [-0.2, -0.15) is 0 Å². The molecule has 4 rings (SSSR count). The van der Waals surface area contributed by atoms with Gasteiger partial charge < -0.3 is 10.3 Å². The minimum absolute atomic E-state index is 0.120. The van der Waals surface area contributed by atoms with E-state index < -0.39 is 0 Å². The zero-order valence-electron chi connectivity index (χ0n) is 16.5. The summed E-state index contributed by atoms with van der Waals surface area (Å²) in [5.74, 6) is 0.565. The topological polar surface area (TPSA) is 57.8 Å². The Morgan fingerprint density at radius 3 is 2.43 bits per heavy atom. The van der Waals surface area contributed by atoms with Gasteiger partial charge in [-0.1, -0.05) is 24.3 Å². The maximum Gasteiger partial charge on any atom is 0.257 e. The fourth-order valence-electron chi connectivity index (χ4n) is 3.98. The van der Waals surface area contributed by atoms with E-state index in [1.807, 2.05) is 32.0 Å². The Bertz CT molecular complexity index is 949. The number of carbonyl (C=O) groups is 1. The van der Waals surface area contributed by atoms with Crippen LogP contribution in [-0.4, -0.2) is 15.9 Å². The molecule has 143 valence electrons. The molecule has 4 heteroatoms. The number of amides is 1. The molecule has 1 aromatic carbocycles. The minimum atomic E-state index is -0.120. The molecule has 4 nitrogen and oxygen atoms in total. The van der Waals surface area contributed by atoms with Crippen LogP contribution in [0.3, 0.4) is 0 Å². The van der Waals surface area contributed by atoms with Gasteiger partial charge in [0.15, 0.2) is 0 Å². The Morgan fingerprint density at radius 2 is 1.82 bits per heavy atom. The molecule has 1 radical (unpaired) electrons. The van der Waals surface area contributed by atoms with Gasteiger partial charge in [-0.25, -0.2) is 0 Å². The molecule has 0 unspecified atom stereocenters. The molecule has 3 aromatic rings. The number of pyridine rings is 1. The lowest BCUT2D eigenvalue weighted by Gasteiger charge is -2.21. The summed E-state index contributed by atoms with van der Waals surface area (Å²) < 4.78 is 0. The van der Waals surface area contributed by atoms with Crippen molar-refractivity contribution in [1.82, 2.24) is 9.97 Å². The molecular formula is C24H26N3O. The highest BCUT2D eigenvalue weighted by molar-refractivity contribution is 6.05. The second kappa shape index (κ2) is 8.01. The van der Waals surface area contributed by atoms with E-state index in [1.54, 1.807) is 6.20 Å². The molecule has 0 bridgehead atoms. The Balaban J connectivity index is 1.44. The average Bonchev–Trinajstić information content (AvgIpc) is 3.07. The average molecular weight is 372 g/mol. The third kappa shape index (κ3) is 4.01. The van der Waals surface area contributed by atoms with E-state index in [1.165, 1.54) is 31.2 Å². The molecular weight excluding hydrogens is 346 g/mol. The highest BCUT2D eigenvalue weighted by Crippen LogP contribution is 2.33. The summed E-state index contributed by atoms with van der Waals surface area (Å²) in [5.41, 5.74) is 6.65. The van der Waals surface area contributed by atoms with Gasteiger partial charge in [0.25, 0.3) is 5.91 Å². The minimum Gasteiger partial charge on any atom is -0.362 e. The van der Waals surface area contributed by atoms with Crippen LogP contribution in [0.1, 0.15) is 58.9 Å². The second-order valence-electron chi connectivity index (χ2n) is 7.64. The zero-order chi connectivity index (χ0) is 19.5. The van der Waals surface area contributed by atoms with Gasteiger partial charge in [-0.15, -0.1) is 0 Å². The van der Waals surface area contributed by atoms with Crippen LogP contribution in [0.2, 0.25) is 0 Å². The largest absolute Gasteiger partial charge is 0.362 e. The predicted molar refractivity (Wildman–Crippen MR) is 113 cm³/mol. The monoisotopic (exact) mass is 372 g/mol. The van der Waals surface area contributed by atoms with Crippen molar-refractivity contribution in [3.63, 3.8) is 0 Å². The number of benzene rings is 1. The number of carbonyl (C=O) groups excluding carboxylic acids is 1. The van der Waals surface area contributed by atoms with Crippen LogP contribution < -0.4 is 5.32 Å². The molecule has 28 heavy (non-hydrogen) atoms. The maximum absolute atomic E-state index is 12.4. The maximum atomic E-state index is 12.4. The van der Waals surface area contributed by atoms with Crippen LogP contribution in [-0.2, 0) is 0 Å². The molecule has 0 saturated heterocycles. The van der Waals surface area contributed by atoms with Gasteiger partial charge in [0, 0.05) is 17.0 Å². The number of anilines is 1. The van der Waals surface area contributed by atoms with E-state index in [2.05, 4.69) is 46.0 Å². The van der Waals surface area contributed by atoms with E-state index in [0.717, 1.165) is 22.6 Å². The van der Waals surface area contributed by atoms with Crippen molar-refractivity contribution in [2.24, 2.45) is 0 Å². The number of nitrogens with one attached hydrogen (secondary N) is 2. The fourth-order valence-corrected chi connectivity index (χ4v) is 3.98. The van der Waals surface area contributed by atoms with Crippen molar-refractivity contribution in [2.75, 3.05) is 5.32 Å². The smallest absolute Gasteiger partial charge is 0.257 e. The van der Waals surface area contributed by atoms with E-state index in [0.29, 0.717) is 17.2 Å². The lowest BCUT2D eigenvalue weighted by Crippen LogP contribution is -2.12. The summed E-state index contributed by atoms with van der Waals surface area (Å²) in [5, 5.41) is 2.92. The molecule has 0 atom stereocenters.